The van der Waals surface area contributed by atoms with Crippen molar-refractivity contribution in [1.29, 1.82) is 0 Å². The minimum atomic E-state index is -4.56. The van der Waals surface area contributed by atoms with Gasteiger partial charge in [-0.05, 0) is 18.2 Å². The van der Waals surface area contributed by atoms with Crippen LogP contribution in [0.5, 0.6) is 0 Å². The highest BCUT2D eigenvalue weighted by Crippen LogP contribution is 2.35. The van der Waals surface area contributed by atoms with E-state index in [-0.39, 0.29) is 16.6 Å². The van der Waals surface area contributed by atoms with E-state index in [9.17, 15) is 22.8 Å². The Balaban J connectivity index is 2.90. The second kappa shape index (κ2) is 6.05. The number of carbonyl (C=O) groups is 2. The van der Waals surface area contributed by atoms with Crippen LogP contribution in [-0.2, 0) is 11.0 Å². The topological polar surface area (TPSA) is 58.2 Å². The Morgan fingerprint density at radius 3 is 2.47 bits per heavy atom. The van der Waals surface area contributed by atoms with Crippen molar-refractivity contribution in [2.75, 3.05) is 13.6 Å². The fourth-order valence-corrected chi connectivity index (χ4v) is 1.71. The van der Waals surface area contributed by atoms with Crippen molar-refractivity contribution in [3.63, 3.8) is 0 Å². The number of benzene rings is 1. The van der Waals surface area contributed by atoms with Crippen LogP contribution in [0.3, 0.4) is 0 Å². The van der Waals surface area contributed by atoms with Crippen LogP contribution >= 0.6 is 15.9 Å². The van der Waals surface area contributed by atoms with E-state index >= 15 is 0 Å². The maximum absolute atomic E-state index is 12.6. The van der Waals surface area contributed by atoms with Crippen molar-refractivity contribution in [1.82, 2.24) is 10.6 Å². The number of hydrogen-bond donors (Lipinski definition) is 2. The Hall–Kier alpha value is -1.57. The minimum absolute atomic E-state index is 0.150. The second-order valence-corrected chi connectivity index (χ2v) is 4.40. The van der Waals surface area contributed by atoms with Crippen LogP contribution in [0.25, 0.3) is 0 Å². The lowest BCUT2D eigenvalue weighted by Crippen LogP contribution is -2.35. The van der Waals surface area contributed by atoms with E-state index in [1.165, 1.54) is 13.1 Å². The Bertz CT molecular complexity index is 503. The molecule has 0 saturated heterocycles. The molecule has 1 rings (SSSR count). The van der Waals surface area contributed by atoms with E-state index in [4.69, 9.17) is 0 Å². The summed E-state index contributed by atoms with van der Waals surface area (Å²) in [5.74, 6) is -1.19. The molecule has 0 bridgehead atoms. The highest BCUT2D eigenvalue weighted by molar-refractivity contribution is 9.10. The predicted molar refractivity (Wildman–Crippen MR) is 65.5 cm³/mol. The number of hydrogen-bond acceptors (Lipinski definition) is 2. The van der Waals surface area contributed by atoms with Crippen LogP contribution in [-0.4, -0.2) is 25.4 Å². The van der Waals surface area contributed by atoms with Gasteiger partial charge in [0.2, 0.25) is 5.91 Å². The number of amides is 2. The normalized spacial score (nSPS) is 11.0. The van der Waals surface area contributed by atoms with Crippen molar-refractivity contribution >= 4 is 27.7 Å². The summed E-state index contributed by atoms with van der Waals surface area (Å²) in [6.07, 6.45) is -4.56. The zero-order valence-electron chi connectivity index (χ0n) is 9.77. The summed E-state index contributed by atoms with van der Waals surface area (Å²) in [6.45, 7) is -0.299. The van der Waals surface area contributed by atoms with Crippen LogP contribution in [0, 0.1) is 0 Å². The molecule has 0 spiro atoms. The van der Waals surface area contributed by atoms with E-state index in [2.05, 4.69) is 26.6 Å². The SMILES string of the molecule is CNC(=O)CNC(=O)c1ccc(Br)c(C(F)(F)F)c1. The molecule has 0 saturated carbocycles. The maximum Gasteiger partial charge on any atom is 0.417 e. The highest BCUT2D eigenvalue weighted by atomic mass is 79.9. The predicted octanol–water partition coefficient (Wildman–Crippen LogP) is 1.94. The fraction of sp³-hybridized carbons (Fsp3) is 0.273. The lowest BCUT2D eigenvalue weighted by molar-refractivity contribution is -0.138. The standard InChI is InChI=1S/C11H10BrF3N2O2/c1-16-9(18)5-17-10(19)6-2-3-8(12)7(4-6)11(13,14)15/h2-4H,5H2,1H3,(H,16,18)(H,17,19). The van der Waals surface area contributed by atoms with Gasteiger partial charge in [-0.2, -0.15) is 13.2 Å². The molecule has 1 aromatic carbocycles. The van der Waals surface area contributed by atoms with Gasteiger partial charge in [0.1, 0.15) is 0 Å². The molecule has 2 amide bonds. The van der Waals surface area contributed by atoms with Gasteiger partial charge in [0.05, 0.1) is 12.1 Å². The Labute approximate surface area is 115 Å². The van der Waals surface area contributed by atoms with Crippen LogP contribution in [0.15, 0.2) is 22.7 Å². The summed E-state index contributed by atoms with van der Waals surface area (Å²) in [5, 5.41) is 4.49. The molecule has 4 nitrogen and oxygen atoms in total. The summed E-state index contributed by atoms with van der Waals surface area (Å²) >= 11 is 2.77. The second-order valence-electron chi connectivity index (χ2n) is 3.55. The maximum atomic E-state index is 12.6. The molecule has 19 heavy (non-hydrogen) atoms. The average Bonchev–Trinajstić information content (AvgIpc) is 2.34. The van der Waals surface area contributed by atoms with E-state index in [1.807, 2.05) is 0 Å². The first-order chi connectivity index (χ1) is 8.75. The third-order valence-electron chi connectivity index (χ3n) is 2.22. The molecule has 0 aliphatic rings. The number of rotatable bonds is 3. The van der Waals surface area contributed by atoms with Gasteiger partial charge >= 0.3 is 6.18 Å². The van der Waals surface area contributed by atoms with Gasteiger partial charge in [-0.1, -0.05) is 15.9 Å². The Morgan fingerprint density at radius 1 is 1.32 bits per heavy atom. The average molecular weight is 339 g/mol. The molecule has 0 unspecified atom stereocenters. The monoisotopic (exact) mass is 338 g/mol. The van der Waals surface area contributed by atoms with Crippen LogP contribution < -0.4 is 10.6 Å². The summed E-state index contributed by atoms with van der Waals surface area (Å²) < 4.78 is 37.8. The summed E-state index contributed by atoms with van der Waals surface area (Å²) in [6, 6.07) is 3.10. The third-order valence-corrected chi connectivity index (χ3v) is 2.91. The minimum Gasteiger partial charge on any atom is -0.358 e. The number of alkyl halides is 3. The van der Waals surface area contributed by atoms with Gasteiger partial charge in [-0.15, -0.1) is 0 Å². The quantitative estimate of drug-likeness (QED) is 0.884. The first kappa shape index (κ1) is 15.5. The first-order valence-electron chi connectivity index (χ1n) is 5.11. The summed E-state index contributed by atoms with van der Waals surface area (Å²) in [7, 11) is 1.38. The van der Waals surface area contributed by atoms with Gasteiger partial charge in [0, 0.05) is 17.1 Å². The van der Waals surface area contributed by atoms with E-state index in [1.54, 1.807) is 0 Å². The zero-order valence-corrected chi connectivity index (χ0v) is 11.4. The molecule has 2 N–H and O–H groups in total. The summed E-state index contributed by atoms with van der Waals surface area (Å²) in [5.41, 5.74) is -1.11. The lowest BCUT2D eigenvalue weighted by atomic mass is 10.1. The lowest BCUT2D eigenvalue weighted by Gasteiger charge is -2.11. The van der Waals surface area contributed by atoms with Crippen molar-refractivity contribution in [3.05, 3.63) is 33.8 Å². The van der Waals surface area contributed by atoms with Crippen molar-refractivity contribution in [2.24, 2.45) is 0 Å². The van der Waals surface area contributed by atoms with Crippen molar-refractivity contribution in [2.45, 2.75) is 6.18 Å². The van der Waals surface area contributed by atoms with Gasteiger partial charge in [-0.25, -0.2) is 0 Å². The molecule has 0 heterocycles. The number of halogens is 4. The number of likely N-dealkylation sites (N-methyl/N-ethyl adjacent to an activating group) is 1. The molecule has 0 aliphatic carbocycles. The largest absolute Gasteiger partial charge is 0.417 e. The van der Waals surface area contributed by atoms with Gasteiger partial charge < -0.3 is 10.6 Å². The third kappa shape index (κ3) is 4.23. The fourth-order valence-electron chi connectivity index (χ4n) is 1.23. The van der Waals surface area contributed by atoms with Crippen LogP contribution in [0.4, 0.5) is 13.2 Å². The molecule has 1 aromatic rings. The molecule has 0 fully saturated rings. The van der Waals surface area contributed by atoms with Gasteiger partial charge in [0.25, 0.3) is 5.91 Å². The van der Waals surface area contributed by atoms with Crippen LogP contribution in [0.1, 0.15) is 15.9 Å². The van der Waals surface area contributed by atoms with Crippen molar-refractivity contribution in [3.8, 4) is 0 Å². The number of nitrogens with one attached hydrogen (secondary N) is 2. The molecule has 8 heteroatoms. The van der Waals surface area contributed by atoms with E-state index in [0.29, 0.717) is 0 Å². The molecular formula is C11H10BrF3N2O2. The van der Waals surface area contributed by atoms with Gasteiger partial charge in [-0.3, -0.25) is 9.59 Å². The highest BCUT2D eigenvalue weighted by Gasteiger charge is 2.33. The molecule has 0 atom stereocenters. The molecule has 0 aliphatic heterocycles. The Kier molecular flexibility index (Phi) is 4.93. The first-order valence-corrected chi connectivity index (χ1v) is 5.90. The molecule has 104 valence electrons. The Morgan fingerprint density at radius 2 is 1.95 bits per heavy atom. The summed E-state index contributed by atoms with van der Waals surface area (Å²) in [4.78, 5) is 22.5. The van der Waals surface area contributed by atoms with Crippen LogP contribution in [0.2, 0.25) is 0 Å². The van der Waals surface area contributed by atoms with E-state index in [0.717, 1.165) is 12.1 Å². The molecule has 0 aromatic heterocycles. The van der Waals surface area contributed by atoms with Crippen molar-refractivity contribution < 1.29 is 22.8 Å². The molecule has 0 radical (unpaired) electrons. The number of carbonyl (C=O) groups excluding carboxylic acids is 2. The van der Waals surface area contributed by atoms with E-state index < -0.39 is 23.6 Å². The molecular weight excluding hydrogens is 329 g/mol. The zero-order chi connectivity index (χ0) is 14.6. The van der Waals surface area contributed by atoms with Gasteiger partial charge in [0.15, 0.2) is 0 Å². The smallest absolute Gasteiger partial charge is 0.358 e.